The van der Waals surface area contributed by atoms with Gasteiger partial charge in [0.1, 0.15) is 0 Å². The zero-order chi connectivity index (χ0) is 9.97. The van der Waals surface area contributed by atoms with E-state index in [-0.39, 0.29) is 11.9 Å². The molecule has 0 aliphatic heterocycles. The summed E-state index contributed by atoms with van der Waals surface area (Å²) in [5, 5.41) is 18.0. The Hall–Kier alpha value is -2.01. The van der Waals surface area contributed by atoms with Crippen LogP contribution in [0.2, 0.25) is 0 Å². The number of carboxylic acid groups (broad SMARTS) is 1. The van der Waals surface area contributed by atoms with Crippen LogP contribution in [0.25, 0.3) is 10.8 Å². The van der Waals surface area contributed by atoms with Gasteiger partial charge < -0.3 is 10.6 Å². The quantitative estimate of drug-likeness (QED) is 0.770. The maximum Gasteiger partial charge on any atom is 0.309 e. The Morgan fingerprint density at radius 1 is 1.33 bits per heavy atom. The minimum atomic E-state index is -0.893. The fraction of sp³-hybridized carbons (Fsp3) is 0.100. The van der Waals surface area contributed by atoms with Crippen molar-refractivity contribution < 1.29 is 15.4 Å². The van der Waals surface area contributed by atoms with Gasteiger partial charge in [-0.25, -0.2) is 0 Å². The lowest BCUT2D eigenvalue weighted by molar-refractivity contribution is -0.136. The van der Waals surface area contributed by atoms with Crippen molar-refractivity contribution in [1.29, 1.82) is 0 Å². The van der Waals surface area contributed by atoms with Gasteiger partial charge >= 0.3 is 5.97 Å². The maximum absolute atomic E-state index is 10.5. The number of aromatic nitrogens is 2. The van der Waals surface area contributed by atoms with Crippen molar-refractivity contribution in [3.8, 4) is 0 Å². The Labute approximate surface area is 85.7 Å². The summed E-state index contributed by atoms with van der Waals surface area (Å²) in [6, 6.07) is 7.47. The maximum atomic E-state index is 10.5. The summed E-state index contributed by atoms with van der Waals surface area (Å²) in [5.41, 5.74) is 0.510. The van der Waals surface area contributed by atoms with Gasteiger partial charge in [-0.1, -0.05) is 24.3 Å². The molecule has 1 aromatic carbocycles. The molecule has 0 unspecified atom stereocenters. The molecule has 0 bridgehead atoms. The zero-order valence-electron chi connectivity index (χ0n) is 7.84. The number of rotatable bonds is 2. The van der Waals surface area contributed by atoms with Crippen LogP contribution < -0.4 is 0 Å². The first-order chi connectivity index (χ1) is 6.77. The van der Waals surface area contributed by atoms with Gasteiger partial charge in [-0.3, -0.25) is 4.79 Å². The molecule has 1 heterocycles. The van der Waals surface area contributed by atoms with Gasteiger partial charge in [-0.15, -0.1) is 0 Å². The molecule has 0 saturated carbocycles. The summed E-state index contributed by atoms with van der Waals surface area (Å²) in [4.78, 5) is 10.5. The molecule has 0 saturated heterocycles. The molecule has 3 N–H and O–H groups in total. The smallest absolute Gasteiger partial charge is 0.309 e. The molecular formula is C10H10N2O3. The first-order valence-electron chi connectivity index (χ1n) is 4.18. The van der Waals surface area contributed by atoms with E-state index in [1.54, 1.807) is 6.20 Å². The van der Waals surface area contributed by atoms with E-state index >= 15 is 0 Å². The lowest BCUT2D eigenvalue weighted by Crippen LogP contribution is -2.03. The number of hydrogen-bond acceptors (Lipinski definition) is 3. The van der Waals surface area contributed by atoms with Crippen LogP contribution in [0.1, 0.15) is 5.69 Å². The van der Waals surface area contributed by atoms with Crippen LogP contribution in [-0.2, 0) is 11.2 Å². The molecule has 0 radical (unpaired) electrons. The molecule has 2 aromatic rings. The second-order valence-electron chi connectivity index (χ2n) is 2.95. The van der Waals surface area contributed by atoms with Crippen molar-refractivity contribution in [1.82, 2.24) is 10.2 Å². The third-order valence-electron chi connectivity index (χ3n) is 1.97. The summed E-state index contributed by atoms with van der Waals surface area (Å²) in [6.45, 7) is 0. The Kier molecular flexibility index (Phi) is 3.30. The number of aliphatic carboxylic acids is 1. The molecule has 5 heteroatoms. The standard InChI is InChI=1S/C10H8N2O2.H2O/c13-10(14)5-9-8-4-2-1-3-7(8)6-11-12-9;/h1-4,6H,5H2,(H,13,14);1H2. The van der Waals surface area contributed by atoms with E-state index in [0.29, 0.717) is 5.69 Å². The Bertz CT molecular complexity index is 480. The van der Waals surface area contributed by atoms with Crippen LogP contribution >= 0.6 is 0 Å². The normalized spacial score (nSPS) is 9.60. The molecule has 1 aromatic heterocycles. The molecule has 2 rings (SSSR count). The van der Waals surface area contributed by atoms with E-state index in [2.05, 4.69) is 10.2 Å². The lowest BCUT2D eigenvalue weighted by atomic mass is 10.1. The Morgan fingerprint density at radius 2 is 2.07 bits per heavy atom. The Balaban J connectivity index is 0.00000112. The SMILES string of the molecule is O.O=C(O)Cc1nncc2ccccc12. The van der Waals surface area contributed by atoms with Crippen LogP contribution in [0, 0.1) is 0 Å². The highest BCUT2D eigenvalue weighted by Gasteiger charge is 2.06. The van der Waals surface area contributed by atoms with Crippen LogP contribution in [0.4, 0.5) is 0 Å². The van der Waals surface area contributed by atoms with Gasteiger partial charge in [-0.05, 0) is 0 Å². The van der Waals surface area contributed by atoms with Crippen molar-refractivity contribution in [3.63, 3.8) is 0 Å². The van der Waals surface area contributed by atoms with Crippen molar-refractivity contribution in [2.45, 2.75) is 6.42 Å². The van der Waals surface area contributed by atoms with E-state index in [4.69, 9.17) is 5.11 Å². The van der Waals surface area contributed by atoms with Crippen LogP contribution in [-0.4, -0.2) is 26.7 Å². The minimum Gasteiger partial charge on any atom is -0.481 e. The third-order valence-corrected chi connectivity index (χ3v) is 1.97. The summed E-state index contributed by atoms with van der Waals surface area (Å²) in [7, 11) is 0. The van der Waals surface area contributed by atoms with Crippen molar-refractivity contribution in [2.75, 3.05) is 0 Å². The largest absolute Gasteiger partial charge is 0.481 e. The molecule has 0 amide bonds. The summed E-state index contributed by atoms with van der Waals surface area (Å²) >= 11 is 0. The van der Waals surface area contributed by atoms with Gasteiger partial charge in [-0.2, -0.15) is 10.2 Å². The van der Waals surface area contributed by atoms with Crippen molar-refractivity contribution >= 4 is 16.7 Å². The summed E-state index contributed by atoms with van der Waals surface area (Å²) in [5.74, 6) is -0.893. The summed E-state index contributed by atoms with van der Waals surface area (Å²) < 4.78 is 0. The second-order valence-corrected chi connectivity index (χ2v) is 2.95. The third kappa shape index (κ3) is 2.26. The number of carbonyl (C=O) groups is 1. The number of carboxylic acids is 1. The zero-order valence-corrected chi connectivity index (χ0v) is 7.84. The predicted octanol–water partition coefficient (Wildman–Crippen LogP) is 0.432. The molecule has 0 atom stereocenters. The van der Waals surface area contributed by atoms with Crippen LogP contribution in [0.15, 0.2) is 30.5 Å². The molecule has 5 nitrogen and oxygen atoms in total. The molecule has 0 fully saturated rings. The highest BCUT2D eigenvalue weighted by Crippen LogP contribution is 2.15. The molecule has 15 heavy (non-hydrogen) atoms. The first-order valence-corrected chi connectivity index (χ1v) is 4.18. The van der Waals surface area contributed by atoms with E-state index in [1.807, 2.05) is 24.3 Å². The molecule has 0 spiro atoms. The number of fused-ring (bicyclic) bond motifs is 1. The van der Waals surface area contributed by atoms with E-state index in [0.717, 1.165) is 10.8 Å². The van der Waals surface area contributed by atoms with E-state index in [9.17, 15) is 4.79 Å². The number of benzene rings is 1. The van der Waals surface area contributed by atoms with Crippen molar-refractivity contribution in [2.24, 2.45) is 0 Å². The molecule has 78 valence electrons. The molecule has 0 aliphatic carbocycles. The average molecular weight is 206 g/mol. The van der Waals surface area contributed by atoms with Gasteiger partial charge in [0.15, 0.2) is 0 Å². The first kappa shape index (κ1) is 11.1. The second kappa shape index (κ2) is 4.47. The fourth-order valence-electron chi connectivity index (χ4n) is 1.36. The summed E-state index contributed by atoms with van der Waals surface area (Å²) in [6.07, 6.45) is 1.54. The van der Waals surface area contributed by atoms with Crippen LogP contribution in [0.5, 0.6) is 0 Å². The number of hydrogen-bond donors (Lipinski definition) is 1. The average Bonchev–Trinajstić information content (AvgIpc) is 2.18. The molecular weight excluding hydrogens is 196 g/mol. The highest BCUT2D eigenvalue weighted by atomic mass is 16.4. The van der Waals surface area contributed by atoms with Gasteiger partial charge in [0.05, 0.1) is 18.3 Å². The Morgan fingerprint density at radius 3 is 2.80 bits per heavy atom. The van der Waals surface area contributed by atoms with Gasteiger partial charge in [0.25, 0.3) is 0 Å². The fourth-order valence-corrected chi connectivity index (χ4v) is 1.36. The topological polar surface area (TPSA) is 94.6 Å². The van der Waals surface area contributed by atoms with Crippen LogP contribution in [0.3, 0.4) is 0 Å². The lowest BCUT2D eigenvalue weighted by Gasteiger charge is -2.00. The van der Waals surface area contributed by atoms with Gasteiger partial charge in [0, 0.05) is 10.8 Å². The van der Waals surface area contributed by atoms with Crippen molar-refractivity contribution in [3.05, 3.63) is 36.2 Å². The predicted molar refractivity (Wildman–Crippen MR) is 54.5 cm³/mol. The van der Waals surface area contributed by atoms with E-state index in [1.165, 1.54) is 0 Å². The van der Waals surface area contributed by atoms with Gasteiger partial charge in [0.2, 0.25) is 0 Å². The van der Waals surface area contributed by atoms with E-state index < -0.39 is 5.97 Å². The number of nitrogens with zero attached hydrogens (tertiary/aromatic N) is 2. The minimum absolute atomic E-state index is 0. The monoisotopic (exact) mass is 206 g/mol. The highest BCUT2D eigenvalue weighted by molar-refractivity contribution is 5.86. The molecule has 0 aliphatic rings.